The molecule has 0 aliphatic carbocycles. The molecule has 0 amide bonds. The van der Waals surface area contributed by atoms with Crippen LogP contribution >= 0.6 is 0 Å². The van der Waals surface area contributed by atoms with Crippen LogP contribution in [0.15, 0.2) is 72.8 Å². The monoisotopic (exact) mass is 566 g/mol. The number of carbonyl (C=O) groups is 1. The minimum Gasteiger partial charge on any atom is -0.487 e. The summed E-state index contributed by atoms with van der Waals surface area (Å²) in [5, 5.41) is 13.2. The molecule has 7 nitrogen and oxygen atoms in total. The van der Waals surface area contributed by atoms with Crippen molar-refractivity contribution < 1.29 is 50.5 Å². The number of rotatable bonds is 9. The van der Waals surface area contributed by atoms with E-state index in [9.17, 15) is 31.1 Å². The number of alkyl halides is 6. The summed E-state index contributed by atoms with van der Waals surface area (Å²) in [5.74, 6) is -0.795. The smallest absolute Gasteiger partial charge is 0.487 e. The maximum absolute atomic E-state index is 13.1. The second-order valence-corrected chi connectivity index (χ2v) is 8.45. The van der Waals surface area contributed by atoms with E-state index >= 15 is 0 Å². The van der Waals surface area contributed by atoms with E-state index in [0.717, 1.165) is 24.3 Å². The highest BCUT2D eigenvalue weighted by molar-refractivity contribution is 5.68. The van der Waals surface area contributed by atoms with E-state index in [1.807, 2.05) is 0 Å². The van der Waals surface area contributed by atoms with Gasteiger partial charge in [0.1, 0.15) is 29.5 Å². The Hall–Kier alpha value is -4.68. The Labute approximate surface area is 223 Å². The third kappa shape index (κ3) is 7.24. The second-order valence-electron chi connectivity index (χ2n) is 8.45. The van der Waals surface area contributed by atoms with Crippen molar-refractivity contribution in [2.24, 2.45) is 0 Å². The van der Waals surface area contributed by atoms with E-state index in [1.54, 1.807) is 31.2 Å². The summed E-state index contributed by atoms with van der Waals surface area (Å²) in [7, 11) is 0. The molecule has 13 heteroatoms. The van der Waals surface area contributed by atoms with Crippen LogP contribution in [0.3, 0.4) is 0 Å². The van der Waals surface area contributed by atoms with Gasteiger partial charge in [-0.3, -0.25) is 0 Å². The molecule has 1 heterocycles. The number of ether oxygens (including phenoxy) is 3. The van der Waals surface area contributed by atoms with Crippen molar-refractivity contribution in [3.63, 3.8) is 0 Å². The molecule has 1 N–H and O–H groups in total. The fourth-order valence-corrected chi connectivity index (χ4v) is 3.69. The molecule has 0 saturated heterocycles. The van der Waals surface area contributed by atoms with Gasteiger partial charge in [0, 0.05) is 5.56 Å². The van der Waals surface area contributed by atoms with E-state index in [1.165, 1.54) is 28.9 Å². The summed E-state index contributed by atoms with van der Waals surface area (Å²) in [6.07, 6.45) is -9.40. The van der Waals surface area contributed by atoms with Crippen LogP contribution in [0.4, 0.5) is 26.3 Å². The van der Waals surface area contributed by atoms with Gasteiger partial charge in [0.2, 0.25) is 0 Å². The van der Waals surface area contributed by atoms with Gasteiger partial charge in [0.25, 0.3) is 0 Å². The van der Waals surface area contributed by atoms with Gasteiger partial charge in [-0.1, -0.05) is 12.1 Å². The van der Waals surface area contributed by atoms with Crippen LogP contribution < -0.4 is 14.2 Å². The van der Waals surface area contributed by atoms with Gasteiger partial charge in [-0.15, -0.1) is 13.2 Å². The molecular weight excluding hydrogens is 546 g/mol. The fraction of sp³-hybridized carbons (Fsp3) is 0.185. The summed E-state index contributed by atoms with van der Waals surface area (Å²) in [4.78, 5) is 10.7. The lowest BCUT2D eigenvalue weighted by Gasteiger charge is -2.12. The van der Waals surface area contributed by atoms with Crippen LogP contribution in [0, 0.1) is 6.92 Å². The van der Waals surface area contributed by atoms with Crippen LogP contribution in [0.25, 0.3) is 16.9 Å². The molecule has 4 rings (SSSR count). The van der Waals surface area contributed by atoms with E-state index in [0.29, 0.717) is 39.7 Å². The highest BCUT2D eigenvalue weighted by atomic mass is 19.4. The van der Waals surface area contributed by atoms with Crippen molar-refractivity contribution in [3.05, 3.63) is 89.6 Å². The lowest BCUT2D eigenvalue weighted by atomic mass is 10.1. The van der Waals surface area contributed by atoms with Crippen molar-refractivity contribution in [2.45, 2.75) is 26.1 Å². The Morgan fingerprint density at radius 3 is 2.10 bits per heavy atom. The molecule has 0 fully saturated rings. The number of hydrogen-bond donors (Lipinski definition) is 1. The Morgan fingerprint density at radius 2 is 1.52 bits per heavy atom. The number of hydrogen-bond acceptors (Lipinski definition) is 5. The van der Waals surface area contributed by atoms with E-state index in [-0.39, 0.29) is 6.61 Å². The number of aromatic nitrogens is 2. The summed E-state index contributed by atoms with van der Waals surface area (Å²) < 4.78 is 93.1. The summed E-state index contributed by atoms with van der Waals surface area (Å²) in [6.45, 7) is 1.13. The van der Waals surface area contributed by atoms with Gasteiger partial charge in [-0.05, 0) is 73.2 Å². The zero-order valence-electron chi connectivity index (χ0n) is 20.6. The first kappa shape index (κ1) is 28.3. The molecule has 0 aliphatic rings. The lowest BCUT2D eigenvalue weighted by Crippen LogP contribution is -2.17. The van der Waals surface area contributed by atoms with Crippen LogP contribution in [0.2, 0.25) is 0 Å². The number of benzene rings is 3. The number of carboxylic acids is 1. The van der Waals surface area contributed by atoms with Gasteiger partial charge >= 0.3 is 18.5 Å². The standard InChI is InChI=1S/C27H20F6N2O5/c1-16-12-22(10-11-24(16)39-15-25(36)37)38-14-19-13-23(17-2-4-18(5-3-17)26(28,29)30)35(34-19)20-6-8-21(9-7-20)40-27(31,32)33/h2-13H,14-15H2,1H3,(H,36,37). The average Bonchev–Trinajstić information content (AvgIpc) is 3.30. The van der Waals surface area contributed by atoms with E-state index < -0.39 is 36.4 Å². The summed E-state index contributed by atoms with van der Waals surface area (Å²) >= 11 is 0. The van der Waals surface area contributed by atoms with Crippen molar-refractivity contribution in [3.8, 4) is 34.2 Å². The zero-order chi connectivity index (χ0) is 29.1. The Balaban J connectivity index is 1.61. The molecule has 3 aromatic carbocycles. The molecular formula is C27H20F6N2O5. The first-order valence-electron chi connectivity index (χ1n) is 11.5. The van der Waals surface area contributed by atoms with Crippen LogP contribution in [0.1, 0.15) is 16.8 Å². The molecule has 0 aliphatic heterocycles. The Morgan fingerprint density at radius 1 is 0.875 bits per heavy atom. The van der Waals surface area contributed by atoms with Gasteiger partial charge < -0.3 is 19.3 Å². The zero-order valence-corrected chi connectivity index (χ0v) is 20.6. The largest absolute Gasteiger partial charge is 0.573 e. The molecule has 0 saturated carbocycles. The molecule has 0 radical (unpaired) electrons. The predicted molar refractivity (Wildman–Crippen MR) is 129 cm³/mol. The summed E-state index contributed by atoms with van der Waals surface area (Å²) in [6, 6.07) is 15.5. The third-order valence-electron chi connectivity index (χ3n) is 5.47. The Bertz CT molecular complexity index is 1480. The number of carboxylic acid groups (broad SMARTS) is 1. The topological polar surface area (TPSA) is 82.8 Å². The predicted octanol–water partition coefficient (Wildman–Crippen LogP) is 6.81. The van der Waals surface area contributed by atoms with Gasteiger partial charge in [-0.25, -0.2) is 9.48 Å². The third-order valence-corrected chi connectivity index (χ3v) is 5.47. The number of aliphatic carboxylic acids is 1. The molecule has 0 atom stereocenters. The SMILES string of the molecule is Cc1cc(OCc2cc(-c3ccc(C(F)(F)F)cc3)n(-c3ccc(OC(F)(F)F)cc3)n2)ccc1OCC(=O)O. The van der Waals surface area contributed by atoms with Gasteiger partial charge in [0.05, 0.1) is 16.9 Å². The highest BCUT2D eigenvalue weighted by Gasteiger charge is 2.31. The molecule has 0 unspecified atom stereocenters. The number of nitrogens with zero attached hydrogens (tertiary/aromatic N) is 2. The molecule has 1 aromatic heterocycles. The number of aryl methyl sites for hydroxylation is 1. The maximum atomic E-state index is 13.1. The highest BCUT2D eigenvalue weighted by Crippen LogP contribution is 2.33. The second kappa shape index (κ2) is 11.2. The molecule has 4 aromatic rings. The molecule has 0 spiro atoms. The van der Waals surface area contributed by atoms with Crippen molar-refractivity contribution in [1.82, 2.24) is 9.78 Å². The minimum atomic E-state index is -4.87. The first-order valence-corrected chi connectivity index (χ1v) is 11.5. The lowest BCUT2D eigenvalue weighted by molar-refractivity contribution is -0.274. The van der Waals surface area contributed by atoms with Crippen LogP contribution in [-0.2, 0) is 17.6 Å². The minimum absolute atomic E-state index is 0.0648. The average molecular weight is 566 g/mol. The number of halogens is 6. The van der Waals surface area contributed by atoms with Gasteiger partial charge in [-0.2, -0.15) is 18.3 Å². The van der Waals surface area contributed by atoms with E-state index in [2.05, 4.69) is 9.84 Å². The van der Waals surface area contributed by atoms with Crippen LogP contribution in [0.5, 0.6) is 17.2 Å². The van der Waals surface area contributed by atoms with Crippen molar-refractivity contribution in [2.75, 3.05) is 6.61 Å². The Kier molecular flexibility index (Phi) is 7.93. The molecule has 40 heavy (non-hydrogen) atoms. The first-order chi connectivity index (χ1) is 18.8. The maximum Gasteiger partial charge on any atom is 0.573 e. The normalized spacial score (nSPS) is 11.8. The van der Waals surface area contributed by atoms with Gasteiger partial charge in [0.15, 0.2) is 6.61 Å². The fourth-order valence-electron chi connectivity index (χ4n) is 3.69. The van der Waals surface area contributed by atoms with Crippen molar-refractivity contribution in [1.29, 1.82) is 0 Å². The van der Waals surface area contributed by atoms with Crippen LogP contribution in [-0.4, -0.2) is 33.8 Å². The molecule has 210 valence electrons. The van der Waals surface area contributed by atoms with E-state index in [4.69, 9.17) is 14.6 Å². The molecule has 0 bridgehead atoms. The quantitative estimate of drug-likeness (QED) is 0.224. The summed E-state index contributed by atoms with van der Waals surface area (Å²) in [5.41, 5.74) is 1.21. The van der Waals surface area contributed by atoms with Crippen molar-refractivity contribution >= 4 is 5.97 Å².